The van der Waals surface area contributed by atoms with E-state index in [0.29, 0.717) is 17.6 Å². The topological polar surface area (TPSA) is 32.3 Å². The second-order valence-corrected chi connectivity index (χ2v) is 5.07. The van der Waals surface area contributed by atoms with Crippen molar-refractivity contribution in [2.24, 2.45) is 0 Å². The predicted molar refractivity (Wildman–Crippen MR) is 67.3 cm³/mol. The monoisotopic (exact) mass is 291 g/mol. The van der Waals surface area contributed by atoms with E-state index < -0.39 is 6.10 Å². The minimum atomic E-state index is -0.572. The molecule has 0 aliphatic rings. The molecule has 0 aliphatic carbocycles. The number of hydrogen-bond acceptors (Lipinski definition) is 2. The predicted octanol–water partition coefficient (Wildman–Crippen LogP) is 3.13. The van der Waals surface area contributed by atoms with Gasteiger partial charge in [-0.25, -0.2) is 0 Å². The molecule has 0 radical (unpaired) electrons. The van der Waals surface area contributed by atoms with E-state index in [2.05, 4.69) is 21.2 Å². The summed E-state index contributed by atoms with van der Waals surface area (Å²) in [4.78, 5) is 0. The van der Waals surface area contributed by atoms with Gasteiger partial charge in [0.05, 0.1) is 6.10 Å². The largest absolute Gasteiger partial charge is 0.387 e. The van der Waals surface area contributed by atoms with Crippen molar-refractivity contribution in [3.63, 3.8) is 0 Å². The summed E-state index contributed by atoms with van der Waals surface area (Å²) in [7, 11) is 0. The van der Waals surface area contributed by atoms with E-state index in [1.807, 2.05) is 26.0 Å². The fourth-order valence-electron chi connectivity index (χ4n) is 1.23. The third-order valence-electron chi connectivity index (χ3n) is 2.04. The molecule has 4 heteroatoms. The van der Waals surface area contributed by atoms with Crippen molar-refractivity contribution in [2.45, 2.75) is 26.0 Å². The fourth-order valence-corrected chi connectivity index (χ4v) is 1.85. The van der Waals surface area contributed by atoms with Crippen molar-refractivity contribution in [3.8, 4) is 0 Å². The molecule has 84 valence electrons. The number of nitrogens with one attached hydrogen (secondary N) is 1. The lowest BCUT2D eigenvalue weighted by Crippen LogP contribution is -2.28. The molecule has 0 aliphatic heterocycles. The summed E-state index contributed by atoms with van der Waals surface area (Å²) in [6.07, 6.45) is -0.572. The summed E-state index contributed by atoms with van der Waals surface area (Å²) < 4.78 is 0.922. The highest BCUT2D eigenvalue weighted by molar-refractivity contribution is 9.10. The van der Waals surface area contributed by atoms with Crippen LogP contribution in [0.4, 0.5) is 0 Å². The standard InChI is InChI=1S/C11H15BrClNO/c1-7(2)14-6-11(15)9-5-8(12)3-4-10(9)13/h3-5,7,11,14-15H,6H2,1-2H3. The van der Waals surface area contributed by atoms with Crippen LogP contribution in [0.3, 0.4) is 0 Å². The van der Waals surface area contributed by atoms with E-state index in [-0.39, 0.29) is 0 Å². The van der Waals surface area contributed by atoms with Gasteiger partial charge in [-0.1, -0.05) is 41.4 Å². The van der Waals surface area contributed by atoms with Gasteiger partial charge in [0.2, 0.25) is 0 Å². The van der Waals surface area contributed by atoms with Crippen molar-refractivity contribution >= 4 is 27.5 Å². The van der Waals surface area contributed by atoms with Crippen molar-refractivity contribution in [1.29, 1.82) is 0 Å². The zero-order valence-corrected chi connectivity index (χ0v) is 11.1. The van der Waals surface area contributed by atoms with Crippen LogP contribution in [-0.4, -0.2) is 17.7 Å². The van der Waals surface area contributed by atoms with Gasteiger partial charge in [0, 0.05) is 27.6 Å². The summed E-state index contributed by atoms with van der Waals surface area (Å²) in [6.45, 7) is 4.58. The molecule has 2 nitrogen and oxygen atoms in total. The molecule has 0 saturated carbocycles. The van der Waals surface area contributed by atoms with Gasteiger partial charge in [-0.05, 0) is 18.2 Å². The molecule has 0 bridgehead atoms. The van der Waals surface area contributed by atoms with Crippen LogP contribution in [0.2, 0.25) is 5.02 Å². The number of aliphatic hydroxyl groups excluding tert-OH is 1. The molecule has 0 fully saturated rings. The maximum Gasteiger partial charge on any atom is 0.0929 e. The van der Waals surface area contributed by atoms with Gasteiger partial charge in [0.1, 0.15) is 0 Å². The van der Waals surface area contributed by atoms with Crippen molar-refractivity contribution < 1.29 is 5.11 Å². The second-order valence-electron chi connectivity index (χ2n) is 3.74. The molecular weight excluding hydrogens is 277 g/mol. The van der Waals surface area contributed by atoms with Crippen molar-refractivity contribution in [3.05, 3.63) is 33.3 Å². The van der Waals surface area contributed by atoms with Gasteiger partial charge in [-0.15, -0.1) is 0 Å². The van der Waals surface area contributed by atoms with Gasteiger partial charge in [0.15, 0.2) is 0 Å². The Hall–Kier alpha value is -0.0900. The van der Waals surface area contributed by atoms with Crippen molar-refractivity contribution in [1.82, 2.24) is 5.32 Å². The highest BCUT2D eigenvalue weighted by atomic mass is 79.9. The van der Waals surface area contributed by atoms with E-state index >= 15 is 0 Å². The Labute approximate surface area is 104 Å². The summed E-state index contributed by atoms with van der Waals surface area (Å²) in [5, 5.41) is 13.7. The maximum atomic E-state index is 9.91. The first-order chi connectivity index (χ1) is 7.00. The Bertz CT molecular complexity index is 330. The van der Waals surface area contributed by atoms with Crippen molar-refractivity contribution in [2.75, 3.05) is 6.54 Å². The smallest absolute Gasteiger partial charge is 0.0929 e. The summed E-state index contributed by atoms with van der Waals surface area (Å²) in [5.74, 6) is 0. The van der Waals surface area contributed by atoms with E-state index in [9.17, 15) is 5.11 Å². The van der Waals surface area contributed by atoms with E-state index in [0.717, 1.165) is 10.0 Å². The lowest BCUT2D eigenvalue weighted by molar-refractivity contribution is 0.171. The number of halogens is 2. The molecule has 0 aromatic heterocycles. The molecule has 0 heterocycles. The second kappa shape index (κ2) is 5.85. The van der Waals surface area contributed by atoms with E-state index in [4.69, 9.17) is 11.6 Å². The number of benzene rings is 1. The van der Waals surface area contributed by atoms with Gasteiger partial charge in [-0.3, -0.25) is 0 Å². The minimum Gasteiger partial charge on any atom is -0.387 e. The van der Waals surface area contributed by atoms with E-state index in [1.165, 1.54) is 0 Å². The Kier molecular flexibility index (Phi) is 5.06. The zero-order valence-electron chi connectivity index (χ0n) is 8.80. The number of hydrogen-bond donors (Lipinski definition) is 2. The lowest BCUT2D eigenvalue weighted by Gasteiger charge is -2.15. The third-order valence-corrected chi connectivity index (χ3v) is 2.87. The first-order valence-electron chi connectivity index (χ1n) is 4.87. The third kappa shape index (κ3) is 4.11. The Morgan fingerprint density at radius 2 is 2.13 bits per heavy atom. The molecule has 15 heavy (non-hydrogen) atoms. The van der Waals surface area contributed by atoms with E-state index in [1.54, 1.807) is 6.07 Å². The average Bonchev–Trinajstić information content (AvgIpc) is 2.18. The molecule has 2 N–H and O–H groups in total. The molecule has 1 rings (SSSR count). The number of aliphatic hydroxyl groups is 1. The molecule has 1 atom stereocenters. The Morgan fingerprint density at radius 1 is 1.47 bits per heavy atom. The van der Waals surface area contributed by atoms with Crippen LogP contribution in [0.1, 0.15) is 25.5 Å². The molecule has 1 unspecified atom stereocenters. The van der Waals surface area contributed by atoms with Gasteiger partial charge in [0.25, 0.3) is 0 Å². The summed E-state index contributed by atoms with van der Waals surface area (Å²) in [5.41, 5.74) is 0.749. The van der Waals surface area contributed by atoms with Crippen LogP contribution in [0.25, 0.3) is 0 Å². The summed E-state index contributed by atoms with van der Waals surface area (Å²) >= 11 is 9.35. The van der Waals surface area contributed by atoms with Crippen LogP contribution in [0, 0.1) is 0 Å². The van der Waals surface area contributed by atoms with Gasteiger partial charge in [-0.2, -0.15) is 0 Å². The normalized spacial score (nSPS) is 13.2. The lowest BCUT2D eigenvalue weighted by atomic mass is 10.1. The van der Waals surface area contributed by atoms with Crippen LogP contribution in [0.5, 0.6) is 0 Å². The highest BCUT2D eigenvalue weighted by Gasteiger charge is 2.12. The van der Waals surface area contributed by atoms with Crippen LogP contribution in [-0.2, 0) is 0 Å². The SMILES string of the molecule is CC(C)NCC(O)c1cc(Br)ccc1Cl. The Balaban J connectivity index is 2.72. The molecule has 0 saturated heterocycles. The first-order valence-corrected chi connectivity index (χ1v) is 6.04. The van der Waals surface area contributed by atoms with Crippen LogP contribution >= 0.6 is 27.5 Å². The number of rotatable bonds is 4. The highest BCUT2D eigenvalue weighted by Crippen LogP contribution is 2.26. The van der Waals surface area contributed by atoms with Crippen LogP contribution in [0.15, 0.2) is 22.7 Å². The van der Waals surface area contributed by atoms with Gasteiger partial charge < -0.3 is 10.4 Å². The Morgan fingerprint density at radius 3 is 2.73 bits per heavy atom. The molecule has 0 amide bonds. The zero-order chi connectivity index (χ0) is 11.4. The first kappa shape index (κ1) is 13.0. The molecule has 1 aromatic rings. The molecular formula is C11H15BrClNO. The maximum absolute atomic E-state index is 9.91. The minimum absolute atomic E-state index is 0.352. The quantitative estimate of drug-likeness (QED) is 0.893. The molecule has 0 spiro atoms. The van der Waals surface area contributed by atoms with Crippen LogP contribution < -0.4 is 5.32 Å². The fraction of sp³-hybridized carbons (Fsp3) is 0.455. The summed E-state index contributed by atoms with van der Waals surface area (Å²) in [6, 6.07) is 5.83. The molecule has 1 aromatic carbocycles. The average molecular weight is 293 g/mol. The van der Waals surface area contributed by atoms with Gasteiger partial charge >= 0.3 is 0 Å².